The number of hydrogen-bond donors (Lipinski definition) is 1. The van der Waals surface area contributed by atoms with Crippen molar-refractivity contribution in [3.05, 3.63) is 35.5 Å². The number of nitrogens with one attached hydrogen (secondary N) is 1. The lowest BCUT2D eigenvalue weighted by Crippen LogP contribution is -2.45. The van der Waals surface area contributed by atoms with Crippen molar-refractivity contribution in [3.8, 4) is 0 Å². The zero-order chi connectivity index (χ0) is 16.4. The first-order valence-electron chi connectivity index (χ1n) is 7.98. The van der Waals surface area contributed by atoms with Crippen LogP contribution in [0.4, 0.5) is 17.5 Å². The average molecular weight is 348 g/mol. The van der Waals surface area contributed by atoms with E-state index < -0.39 is 5.79 Å². The van der Waals surface area contributed by atoms with Crippen molar-refractivity contribution >= 4 is 29.1 Å². The summed E-state index contributed by atoms with van der Waals surface area (Å²) in [5, 5.41) is 12.1. The van der Waals surface area contributed by atoms with Gasteiger partial charge in [-0.05, 0) is 18.2 Å². The van der Waals surface area contributed by atoms with Crippen LogP contribution in [0.5, 0.6) is 0 Å². The van der Waals surface area contributed by atoms with Gasteiger partial charge in [-0.25, -0.2) is 0 Å². The highest BCUT2D eigenvalue weighted by Gasteiger charge is 2.40. The SMILES string of the molecule is Clc1cccc(Nc2cnnc(N3CCC4(CC3)OCCO4)n2)c1. The van der Waals surface area contributed by atoms with Gasteiger partial charge in [0.2, 0.25) is 5.95 Å². The number of rotatable bonds is 3. The average Bonchev–Trinajstić information content (AvgIpc) is 3.04. The highest BCUT2D eigenvalue weighted by Crippen LogP contribution is 2.32. The molecule has 2 aliphatic heterocycles. The molecule has 8 heteroatoms. The smallest absolute Gasteiger partial charge is 0.247 e. The molecule has 2 aliphatic rings. The van der Waals surface area contributed by atoms with Crippen LogP contribution in [0.15, 0.2) is 30.5 Å². The summed E-state index contributed by atoms with van der Waals surface area (Å²) in [7, 11) is 0. The van der Waals surface area contributed by atoms with Crippen molar-refractivity contribution in [1.29, 1.82) is 0 Å². The van der Waals surface area contributed by atoms with Gasteiger partial charge in [-0.1, -0.05) is 17.7 Å². The summed E-state index contributed by atoms with van der Waals surface area (Å²) in [4.78, 5) is 6.66. The molecule has 0 atom stereocenters. The van der Waals surface area contributed by atoms with Crippen molar-refractivity contribution < 1.29 is 9.47 Å². The minimum atomic E-state index is -0.402. The number of piperidine rings is 1. The maximum Gasteiger partial charge on any atom is 0.247 e. The van der Waals surface area contributed by atoms with Crippen LogP contribution < -0.4 is 10.2 Å². The molecule has 126 valence electrons. The molecule has 0 unspecified atom stereocenters. The number of hydrogen-bond acceptors (Lipinski definition) is 7. The molecule has 7 nitrogen and oxygen atoms in total. The van der Waals surface area contributed by atoms with Gasteiger partial charge in [0.15, 0.2) is 11.6 Å². The second-order valence-electron chi connectivity index (χ2n) is 5.87. The zero-order valence-corrected chi connectivity index (χ0v) is 13.9. The van der Waals surface area contributed by atoms with E-state index in [1.165, 1.54) is 0 Å². The number of benzene rings is 1. The standard InChI is InChI=1S/C16H18ClN5O2/c17-12-2-1-3-13(10-12)19-14-11-18-21-15(20-14)22-6-4-16(5-7-22)23-8-9-24-16/h1-3,10-11H,4-9H2,(H,19,20,21). The van der Waals surface area contributed by atoms with Crippen molar-refractivity contribution in [2.45, 2.75) is 18.6 Å². The lowest BCUT2D eigenvalue weighted by atomic mass is 10.0. The predicted molar refractivity (Wildman–Crippen MR) is 90.6 cm³/mol. The Morgan fingerprint density at radius 2 is 1.96 bits per heavy atom. The van der Waals surface area contributed by atoms with E-state index in [0.29, 0.717) is 30.0 Å². The van der Waals surface area contributed by atoms with Gasteiger partial charge in [-0.2, -0.15) is 10.1 Å². The van der Waals surface area contributed by atoms with E-state index in [4.69, 9.17) is 21.1 Å². The summed E-state index contributed by atoms with van der Waals surface area (Å²) >= 11 is 6.00. The highest BCUT2D eigenvalue weighted by molar-refractivity contribution is 6.30. The first kappa shape index (κ1) is 15.6. The Bertz CT molecular complexity index is 713. The Labute approximate surface area is 144 Å². The van der Waals surface area contributed by atoms with Gasteiger partial charge in [0.05, 0.1) is 19.4 Å². The van der Waals surface area contributed by atoms with Crippen LogP contribution in [0.25, 0.3) is 0 Å². The Kier molecular flexibility index (Phi) is 4.22. The first-order chi connectivity index (χ1) is 11.7. The number of halogens is 1. The lowest BCUT2D eigenvalue weighted by molar-refractivity contribution is -0.169. The van der Waals surface area contributed by atoms with Gasteiger partial charge in [0.1, 0.15) is 0 Å². The van der Waals surface area contributed by atoms with Crippen LogP contribution >= 0.6 is 11.6 Å². The molecule has 1 aromatic carbocycles. The van der Waals surface area contributed by atoms with Crippen LogP contribution in [0.3, 0.4) is 0 Å². The van der Waals surface area contributed by atoms with Crippen LogP contribution in [-0.2, 0) is 9.47 Å². The second kappa shape index (κ2) is 6.51. The molecule has 1 N–H and O–H groups in total. The highest BCUT2D eigenvalue weighted by atomic mass is 35.5. The topological polar surface area (TPSA) is 72.4 Å². The third kappa shape index (κ3) is 3.28. The first-order valence-corrected chi connectivity index (χ1v) is 8.35. The van der Waals surface area contributed by atoms with E-state index in [2.05, 4.69) is 25.4 Å². The molecule has 24 heavy (non-hydrogen) atoms. The van der Waals surface area contributed by atoms with Crippen LogP contribution in [0.1, 0.15) is 12.8 Å². The normalized spacial score (nSPS) is 19.6. The molecule has 0 radical (unpaired) electrons. The molecule has 0 aliphatic carbocycles. The third-order valence-electron chi connectivity index (χ3n) is 4.27. The largest absolute Gasteiger partial charge is 0.347 e. The van der Waals surface area contributed by atoms with Crippen LogP contribution in [-0.4, -0.2) is 47.3 Å². The van der Waals surface area contributed by atoms with E-state index in [1.807, 2.05) is 24.3 Å². The lowest BCUT2D eigenvalue weighted by Gasteiger charge is -2.37. The van der Waals surface area contributed by atoms with Crippen molar-refractivity contribution in [3.63, 3.8) is 0 Å². The number of ether oxygens (including phenoxy) is 2. The molecule has 1 spiro atoms. The monoisotopic (exact) mass is 347 g/mol. The molecular weight excluding hydrogens is 330 g/mol. The van der Waals surface area contributed by atoms with Crippen LogP contribution in [0, 0.1) is 0 Å². The van der Waals surface area contributed by atoms with E-state index in [0.717, 1.165) is 31.6 Å². The van der Waals surface area contributed by atoms with Gasteiger partial charge >= 0.3 is 0 Å². The summed E-state index contributed by atoms with van der Waals surface area (Å²) in [5.41, 5.74) is 0.860. The maximum absolute atomic E-state index is 6.00. The van der Waals surface area contributed by atoms with E-state index in [9.17, 15) is 0 Å². The van der Waals surface area contributed by atoms with Crippen molar-refractivity contribution in [2.75, 3.05) is 36.5 Å². The molecule has 3 heterocycles. The molecule has 0 saturated carbocycles. The predicted octanol–water partition coefficient (Wildman–Crippen LogP) is 2.61. The fourth-order valence-electron chi connectivity index (χ4n) is 3.04. The summed E-state index contributed by atoms with van der Waals surface area (Å²) in [6, 6.07) is 7.47. The quantitative estimate of drug-likeness (QED) is 0.914. The molecule has 2 aromatic rings. The summed E-state index contributed by atoms with van der Waals surface area (Å²) < 4.78 is 11.5. The van der Waals surface area contributed by atoms with E-state index in [-0.39, 0.29) is 0 Å². The Hall–Kier alpha value is -1.96. The summed E-state index contributed by atoms with van der Waals surface area (Å²) in [5.74, 6) is 0.839. The summed E-state index contributed by atoms with van der Waals surface area (Å²) in [6.45, 7) is 2.92. The molecule has 0 amide bonds. The van der Waals surface area contributed by atoms with Gasteiger partial charge in [0, 0.05) is 36.6 Å². The van der Waals surface area contributed by atoms with Crippen molar-refractivity contribution in [1.82, 2.24) is 15.2 Å². The Morgan fingerprint density at radius 1 is 1.17 bits per heavy atom. The van der Waals surface area contributed by atoms with Gasteiger partial charge in [-0.15, -0.1) is 5.10 Å². The fraction of sp³-hybridized carbons (Fsp3) is 0.438. The molecule has 2 fully saturated rings. The Morgan fingerprint density at radius 3 is 2.71 bits per heavy atom. The third-order valence-corrected chi connectivity index (χ3v) is 4.50. The number of nitrogens with zero attached hydrogens (tertiary/aromatic N) is 4. The second-order valence-corrected chi connectivity index (χ2v) is 6.31. The molecule has 0 bridgehead atoms. The molecule has 4 rings (SSSR count). The zero-order valence-electron chi connectivity index (χ0n) is 13.1. The number of anilines is 3. The van der Waals surface area contributed by atoms with Crippen LogP contribution in [0.2, 0.25) is 5.02 Å². The minimum Gasteiger partial charge on any atom is -0.347 e. The van der Waals surface area contributed by atoms with Crippen molar-refractivity contribution in [2.24, 2.45) is 0 Å². The fourth-order valence-corrected chi connectivity index (χ4v) is 3.23. The van der Waals surface area contributed by atoms with E-state index >= 15 is 0 Å². The summed E-state index contributed by atoms with van der Waals surface area (Å²) in [6.07, 6.45) is 3.21. The molecule has 2 saturated heterocycles. The van der Waals surface area contributed by atoms with E-state index in [1.54, 1.807) is 6.20 Å². The number of aromatic nitrogens is 3. The maximum atomic E-state index is 6.00. The Balaban J connectivity index is 1.45. The molecule has 1 aromatic heterocycles. The molecular formula is C16H18ClN5O2. The van der Waals surface area contributed by atoms with Gasteiger partial charge in [-0.3, -0.25) is 0 Å². The minimum absolute atomic E-state index is 0.402. The van der Waals surface area contributed by atoms with Gasteiger partial charge in [0.25, 0.3) is 0 Å². The van der Waals surface area contributed by atoms with Gasteiger partial charge < -0.3 is 19.7 Å².